The van der Waals surface area contributed by atoms with E-state index < -0.39 is 6.61 Å². The van der Waals surface area contributed by atoms with Gasteiger partial charge in [0.1, 0.15) is 5.75 Å². The first-order chi connectivity index (χ1) is 13.0. The van der Waals surface area contributed by atoms with E-state index in [0.717, 1.165) is 43.8 Å². The molecule has 0 aliphatic heterocycles. The number of carbonyl (C=O) groups is 1. The van der Waals surface area contributed by atoms with Crippen LogP contribution >= 0.6 is 24.0 Å². The second kappa shape index (κ2) is 15.3. The van der Waals surface area contributed by atoms with E-state index in [4.69, 9.17) is 0 Å². The van der Waals surface area contributed by atoms with Crippen molar-refractivity contribution in [3.05, 3.63) is 29.8 Å². The first-order valence-corrected chi connectivity index (χ1v) is 8.98. The number of aliphatic imine (C=N–C) groups is 1. The van der Waals surface area contributed by atoms with Crippen molar-refractivity contribution >= 4 is 35.9 Å². The first kappa shape index (κ1) is 26.4. The van der Waals surface area contributed by atoms with Gasteiger partial charge in [-0.15, -0.1) is 24.0 Å². The molecule has 0 aromatic heterocycles. The number of guanidine groups is 1. The van der Waals surface area contributed by atoms with Crippen molar-refractivity contribution in [2.45, 2.75) is 45.3 Å². The summed E-state index contributed by atoms with van der Waals surface area (Å²) in [5, 5.41) is 3.30. The lowest BCUT2D eigenvalue weighted by atomic mass is 10.1. The molecule has 0 spiro atoms. The monoisotopic (exact) mass is 513 g/mol. The highest BCUT2D eigenvalue weighted by Crippen LogP contribution is 2.15. The second-order valence-corrected chi connectivity index (χ2v) is 6.09. The van der Waals surface area contributed by atoms with Crippen LogP contribution in [-0.2, 0) is 16.1 Å². The van der Waals surface area contributed by atoms with Crippen LogP contribution in [0.15, 0.2) is 29.3 Å². The average Bonchev–Trinajstić information content (AvgIpc) is 2.64. The topological polar surface area (TPSA) is 63.2 Å². The minimum absolute atomic E-state index is 0. The van der Waals surface area contributed by atoms with Crippen LogP contribution < -0.4 is 10.1 Å². The summed E-state index contributed by atoms with van der Waals surface area (Å²) in [6, 6.07) is 6.56. The van der Waals surface area contributed by atoms with Crippen molar-refractivity contribution in [3.8, 4) is 5.75 Å². The van der Waals surface area contributed by atoms with E-state index in [2.05, 4.69) is 19.8 Å². The Balaban J connectivity index is 0.00000729. The van der Waals surface area contributed by atoms with E-state index in [1.54, 1.807) is 19.2 Å². The first-order valence-electron chi connectivity index (χ1n) is 8.98. The van der Waals surface area contributed by atoms with Crippen LogP contribution in [0.3, 0.4) is 0 Å². The Hall–Kier alpha value is -1.65. The summed E-state index contributed by atoms with van der Waals surface area (Å²) in [5.41, 5.74) is 0.963. The van der Waals surface area contributed by atoms with Crippen molar-refractivity contribution in [1.29, 1.82) is 0 Å². The molecule has 1 aromatic rings. The van der Waals surface area contributed by atoms with Crippen LogP contribution in [0.5, 0.6) is 5.75 Å². The number of alkyl halides is 2. The molecule has 0 saturated heterocycles. The van der Waals surface area contributed by atoms with Gasteiger partial charge in [0.05, 0.1) is 7.11 Å². The number of carbonyl (C=O) groups excluding carboxylic acids is 1. The lowest BCUT2D eigenvalue weighted by Crippen LogP contribution is -2.38. The van der Waals surface area contributed by atoms with Gasteiger partial charge in [0.25, 0.3) is 0 Å². The van der Waals surface area contributed by atoms with Crippen LogP contribution in [-0.4, -0.2) is 51.2 Å². The van der Waals surface area contributed by atoms with Gasteiger partial charge in [-0.1, -0.05) is 25.0 Å². The van der Waals surface area contributed by atoms with Crippen LogP contribution in [0.4, 0.5) is 8.78 Å². The fourth-order valence-corrected chi connectivity index (χ4v) is 2.56. The quantitative estimate of drug-likeness (QED) is 0.159. The van der Waals surface area contributed by atoms with Gasteiger partial charge < -0.3 is 19.7 Å². The van der Waals surface area contributed by atoms with Gasteiger partial charge >= 0.3 is 12.6 Å². The number of nitrogens with one attached hydrogen (secondary N) is 1. The molecule has 1 aromatic carbocycles. The van der Waals surface area contributed by atoms with Gasteiger partial charge in [-0.25, -0.2) is 0 Å². The number of nitrogens with zero attached hydrogens (tertiary/aromatic N) is 2. The molecule has 0 saturated carbocycles. The number of benzene rings is 1. The Bertz CT molecular complexity index is 586. The number of ether oxygens (including phenoxy) is 2. The largest absolute Gasteiger partial charge is 0.469 e. The number of unbranched alkanes of at least 4 members (excludes halogenated alkanes) is 3. The smallest absolute Gasteiger partial charge is 0.387 e. The van der Waals surface area contributed by atoms with Crippen LogP contribution in [0.2, 0.25) is 0 Å². The number of halogens is 3. The van der Waals surface area contributed by atoms with Gasteiger partial charge in [-0.2, -0.15) is 8.78 Å². The molecule has 0 unspecified atom stereocenters. The predicted molar refractivity (Wildman–Crippen MR) is 116 cm³/mol. The molecule has 0 bridgehead atoms. The highest BCUT2D eigenvalue weighted by Gasteiger charge is 2.08. The van der Waals surface area contributed by atoms with Gasteiger partial charge in [-0.05, 0) is 30.5 Å². The normalized spacial score (nSPS) is 11.0. The van der Waals surface area contributed by atoms with Crippen LogP contribution in [0.25, 0.3) is 0 Å². The maximum atomic E-state index is 12.2. The number of rotatable bonds is 11. The third-order valence-corrected chi connectivity index (χ3v) is 3.96. The molecule has 0 amide bonds. The number of hydrogen-bond acceptors (Lipinski definition) is 4. The van der Waals surface area contributed by atoms with Gasteiger partial charge in [0, 0.05) is 33.6 Å². The summed E-state index contributed by atoms with van der Waals surface area (Å²) in [7, 11) is 5.03. The minimum atomic E-state index is -2.82. The average molecular weight is 513 g/mol. The summed E-state index contributed by atoms with van der Waals surface area (Å²) in [6.07, 6.45) is 4.30. The SMILES string of the molecule is CN=C(NCCCCCCC(=O)OC)N(C)Cc1ccc(OC(F)F)cc1.I. The Morgan fingerprint density at radius 3 is 2.39 bits per heavy atom. The Kier molecular flexibility index (Phi) is 14.4. The Morgan fingerprint density at radius 1 is 1.18 bits per heavy atom. The maximum absolute atomic E-state index is 12.2. The molecular formula is C19H30F2IN3O3. The third-order valence-electron chi connectivity index (χ3n) is 3.96. The van der Waals surface area contributed by atoms with Crippen molar-refractivity contribution in [2.75, 3.05) is 27.7 Å². The van der Waals surface area contributed by atoms with Crippen LogP contribution in [0, 0.1) is 0 Å². The van der Waals surface area contributed by atoms with E-state index in [1.165, 1.54) is 19.2 Å². The number of esters is 1. The molecule has 9 heteroatoms. The molecule has 28 heavy (non-hydrogen) atoms. The van der Waals surface area contributed by atoms with Gasteiger partial charge in [-0.3, -0.25) is 9.79 Å². The van der Waals surface area contributed by atoms with Gasteiger partial charge in [0.2, 0.25) is 0 Å². The minimum Gasteiger partial charge on any atom is -0.469 e. The van der Waals surface area contributed by atoms with Crippen molar-refractivity contribution in [1.82, 2.24) is 10.2 Å². The number of methoxy groups -OCH3 is 1. The zero-order chi connectivity index (χ0) is 20.1. The predicted octanol–water partition coefficient (Wildman–Crippen LogP) is 4.04. The van der Waals surface area contributed by atoms with E-state index >= 15 is 0 Å². The van der Waals surface area contributed by atoms with E-state index in [9.17, 15) is 13.6 Å². The molecule has 160 valence electrons. The Morgan fingerprint density at radius 2 is 1.82 bits per heavy atom. The summed E-state index contributed by atoms with van der Waals surface area (Å²) >= 11 is 0. The molecule has 0 radical (unpaired) electrons. The van der Waals surface area contributed by atoms with Crippen molar-refractivity contribution in [3.63, 3.8) is 0 Å². The van der Waals surface area contributed by atoms with Crippen molar-refractivity contribution in [2.24, 2.45) is 4.99 Å². The molecule has 0 fully saturated rings. The molecule has 0 aliphatic carbocycles. The van der Waals surface area contributed by atoms with E-state index in [0.29, 0.717) is 13.0 Å². The zero-order valence-corrected chi connectivity index (χ0v) is 19.0. The number of hydrogen-bond donors (Lipinski definition) is 1. The van der Waals surface area contributed by atoms with Crippen LogP contribution in [0.1, 0.15) is 37.7 Å². The van der Waals surface area contributed by atoms with Gasteiger partial charge in [0.15, 0.2) is 5.96 Å². The highest BCUT2D eigenvalue weighted by atomic mass is 127. The molecule has 0 atom stereocenters. The lowest BCUT2D eigenvalue weighted by molar-refractivity contribution is -0.140. The molecule has 1 rings (SSSR count). The standard InChI is InChI=1S/C19H29F2N3O3.HI/c1-22-19(23-13-7-5-4-6-8-17(25)26-3)24(2)14-15-9-11-16(12-10-15)27-18(20)21;/h9-12,18H,4-8,13-14H2,1-3H3,(H,22,23);1H. The highest BCUT2D eigenvalue weighted by molar-refractivity contribution is 14.0. The fourth-order valence-electron chi connectivity index (χ4n) is 2.56. The molecule has 0 heterocycles. The lowest BCUT2D eigenvalue weighted by Gasteiger charge is -2.22. The molecule has 6 nitrogen and oxygen atoms in total. The molecule has 0 aliphatic rings. The fraction of sp³-hybridized carbons (Fsp3) is 0.579. The summed E-state index contributed by atoms with van der Waals surface area (Å²) in [6.45, 7) is -1.44. The second-order valence-electron chi connectivity index (χ2n) is 6.09. The van der Waals surface area contributed by atoms with E-state index in [1.807, 2.05) is 11.9 Å². The molecule has 1 N–H and O–H groups in total. The maximum Gasteiger partial charge on any atom is 0.387 e. The summed E-state index contributed by atoms with van der Waals surface area (Å²) < 4.78 is 33.3. The summed E-state index contributed by atoms with van der Waals surface area (Å²) in [4.78, 5) is 17.2. The zero-order valence-electron chi connectivity index (χ0n) is 16.6. The van der Waals surface area contributed by atoms with E-state index in [-0.39, 0.29) is 35.7 Å². The summed E-state index contributed by atoms with van der Waals surface area (Å²) in [5.74, 6) is 0.743. The van der Waals surface area contributed by atoms with Crippen molar-refractivity contribution < 1.29 is 23.0 Å². The molecular weight excluding hydrogens is 483 g/mol. The third kappa shape index (κ3) is 11.3. The Labute approximate surface area is 182 Å².